The summed E-state index contributed by atoms with van der Waals surface area (Å²) < 4.78 is 1.09. The van der Waals surface area contributed by atoms with E-state index in [1.165, 1.54) is 33.0 Å². The van der Waals surface area contributed by atoms with Gasteiger partial charge in [0.15, 0.2) is 0 Å². The van der Waals surface area contributed by atoms with Crippen molar-refractivity contribution in [1.82, 2.24) is 0 Å². The minimum absolute atomic E-state index is 1.06. The molecule has 0 saturated heterocycles. The third kappa shape index (κ3) is 3.74. The SMILES string of the molecule is Brc1ccc(Nc2ccc(-c3cccc4ccccc34)cc2)cc1-c1ccccc1. The Balaban J connectivity index is 1.43. The molecule has 0 aromatic heterocycles. The zero-order chi connectivity index (χ0) is 20.3. The fourth-order valence-corrected chi connectivity index (χ4v) is 4.29. The van der Waals surface area contributed by atoms with E-state index >= 15 is 0 Å². The summed E-state index contributed by atoms with van der Waals surface area (Å²) in [4.78, 5) is 0. The van der Waals surface area contributed by atoms with E-state index in [2.05, 4.69) is 130 Å². The highest BCUT2D eigenvalue weighted by Gasteiger charge is 2.06. The van der Waals surface area contributed by atoms with Crippen molar-refractivity contribution in [3.8, 4) is 22.3 Å². The van der Waals surface area contributed by atoms with E-state index in [9.17, 15) is 0 Å². The lowest BCUT2D eigenvalue weighted by atomic mass is 9.98. The number of anilines is 2. The number of rotatable bonds is 4. The molecule has 0 amide bonds. The van der Waals surface area contributed by atoms with Crippen molar-refractivity contribution in [2.45, 2.75) is 0 Å². The molecule has 5 aromatic carbocycles. The molecule has 1 nitrogen and oxygen atoms in total. The highest BCUT2D eigenvalue weighted by atomic mass is 79.9. The Kier molecular flexibility index (Phi) is 5.08. The van der Waals surface area contributed by atoms with Crippen LogP contribution in [0.4, 0.5) is 11.4 Å². The highest BCUT2D eigenvalue weighted by Crippen LogP contribution is 2.33. The first kappa shape index (κ1) is 18.7. The molecular formula is C28H20BrN. The molecule has 0 bridgehead atoms. The lowest BCUT2D eigenvalue weighted by molar-refractivity contribution is 1.52. The molecule has 5 aromatic rings. The van der Waals surface area contributed by atoms with Crippen molar-refractivity contribution in [3.63, 3.8) is 0 Å². The Labute approximate surface area is 185 Å². The molecule has 0 radical (unpaired) electrons. The van der Waals surface area contributed by atoms with Crippen LogP contribution < -0.4 is 5.32 Å². The standard InChI is InChI=1S/C28H20BrN/c29-28-18-17-24(19-27(28)21-7-2-1-3-8-21)30-23-15-13-22(14-16-23)26-12-6-10-20-9-4-5-11-25(20)26/h1-19,30H. The van der Waals surface area contributed by atoms with E-state index in [1.807, 2.05) is 6.07 Å². The van der Waals surface area contributed by atoms with E-state index < -0.39 is 0 Å². The fraction of sp³-hybridized carbons (Fsp3) is 0. The van der Waals surface area contributed by atoms with Crippen LogP contribution in [0.5, 0.6) is 0 Å². The average molecular weight is 450 g/mol. The minimum Gasteiger partial charge on any atom is -0.356 e. The Bertz CT molecular complexity index is 1300. The number of hydrogen-bond donors (Lipinski definition) is 1. The van der Waals surface area contributed by atoms with Gasteiger partial charge < -0.3 is 5.32 Å². The van der Waals surface area contributed by atoms with Gasteiger partial charge in [-0.3, -0.25) is 0 Å². The van der Waals surface area contributed by atoms with Gasteiger partial charge in [-0.2, -0.15) is 0 Å². The van der Waals surface area contributed by atoms with Crippen molar-refractivity contribution in [3.05, 3.63) is 120 Å². The average Bonchev–Trinajstić information content (AvgIpc) is 2.81. The van der Waals surface area contributed by atoms with Crippen molar-refractivity contribution in [2.75, 3.05) is 5.32 Å². The molecule has 0 aliphatic heterocycles. The van der Waals surface area contributed by atoms with Gasteiger partial charge in [0.05, 0.1) is 0 Å². The molecule has 0 unspecified atom stereocenters. The van der Waals surface area contributed by atoms with Crippen LogP contribution in [0.2, 0.25) is 0 Å². The number of fused-ring (bicyclic) bond motifs is 1. The molecule has 0 fully saturated rings. The summed E-state index contributed by atoms with van der Waals surface area (Å²) in [6, 6.07) is 40.4. The molecule has 0 aliphatic carbocycles. The second-order valence-corrected chi connectivity index (χ2v) is 8.14. The van der Waals surface area contributed by atoms with Crippen LogP contribution in [0.15, 0.2) is 120 Å². The normalized spacial score (nSPS) is 10.8. The summed E-state index contributed by atoms with van der Waals surface area (Å²) in [5, 5.41) is 6.08. The lowest BCUT2D eigenvalue weighted by Gasteiger charge is -2.12. The number of benzene rings is 5. The number of nitrogens with one attached hydrogen (secondary N) is 1. The maximum absolute atomic E-state index is 3.68. The first-order valence-corrected chi connectivity index (χ1v) is 10.8. The van der Waals surface area contributed by atoms with Gasteiger partial charge in [-0.15, -0.1) is 0 Å². The van der Waals surface area contributed by atoms with E-state index in [-0.39, 0.29) is 0 Å². The van der Waals surface area contributed by atoms with Gasteiger partial charge in [-0.25, -0.2) is 0 Å². The van der Waals surface area contributed by atoms with Crippen LogP contribution in [0, 0.1) is 0 Å². The van der Waals surface area contributed by atoms with Crippen molar-refractivity contribution >= 4 is 38.1 Å². The number of halogens is 1. The molecular weight excluding hydrogens is 430 g/mol. The van der Waals surface area contributed by atoms with Crippen LogP contribution in [-0.4, -0.2) is 0 Å². The molecule has 1 N–H and O–H groups in total. The highest BCUT2D eigenvalue weighted by molar-refractivity contribution is 9.10. The molecule has 0 heterocycles. The molecule has 0 atom stereocenters. The summed E-state index contributed by atoms with van der Waals surface area (Å²) in [5.41, 5.74) is 6.98. The molecule has 144 valence electrons. The lowest BCUT2D eigenvalue weighted by Crippen LogP contribution is -1.91. The first-order chi connectivity index (χ1) is 14.8. The van der Waals surface area contributed by atoms with E-state index in [0.717, 1.165) is 15.8 Å². The zero-order valence-electron chi connectivity index (χ0n) is 16.3. The van der Waals surface area contributed by atoms with Crippen molar-refractivity contribution in [1.29, 1.82) is 0 Å². The molecule has 0 spiro atoms. The van der Waals surface area contributed by atoms with Crippen LogP contribution in [0.3, 0.4) is 0 Å². The van der Waals surface area contributed by atoms with E-state index in [4.69, 9.17) is 0 Å². The Hall–Kier alpha value is -3.36. The maximum Gasteiger partial charge on any atom is 0.0391 e. The van der Waals surface area contributed by atoms with Gasteiger partial charge in [0.2, 0.25) is 0 Å². The van der Waals surface area contributed by atoms with Crippen molar-refractivity contribution in [2.24, 2.45) is 0 Å². The van der Waals surface area contributed by atoms with Crippen LogP contribution in [0.1, 0.15) is 0 Å². The van der Waals surface area contributed by atoms with Gasteiger partial charge in [-0.05, 0) is 63.4 Å². The number of hydrogen-bond acceptors (Lipinski definition) is 1. The second-order valence-electron chi connectivity index (χ2n) is 7.29. The maximum atomic E-state index is 3.68. The molecule has 5 rings (SSSR count). The van der Waals surface area contributed by atoms with Crippen molar-refractivity contribution < 1.29 is 0 Å². The third-order valence-corrected chi connectivity index (χ3v) is 6.02. The predicted octanol–water partition coefficient (Wildman–Crippen LogP) is 8.68. The fourth-order valence-electron chi connectivity index (χ4n) is 3.82. The third-order valence-electron chi connectivity index (χ3n) is 5.33. The first-order valence-electron chi connectivity index (χ1n) is 9.98. The monoisotopic (exact) mass is 449 g/mol. The largest absolute Gasteiger partial charge is 0.356 e. The molecule has 0 saturated carbocycles. The van der Waals surface area contributed by atoms with Gasteiger partial charge in [0.25, 0.3) is 0 Å². The summed E-state index contributed by atoms with van der Waals surface area (Å²) in [6.45, 7) is 0. The van der Waals surface area contributed by atoms with Gasteiger partial charge in [-0.1, -0.05) is 101 Å². The molecule has 0 aliphatic rings. The summed E-state index contributed by atoms with van der Waals surface area (Å²) in [7, 11) is 0. The van der Waals surface area contributed by atoms with Gasteiger partial charge >= 0.3 is 0 Å². The minimum atomic E-state index is 1.06. The Morgan fingerprint density at radius 1 is 0.500 bits per heavy atom. The van der Waals surface area contributed by atoms with Crippen LogP contribution in [-0.2, 0) is 0 Å². The predicted molar refractivity (Wildman–Crippen MR) is 132 cm³/mol. The smallest absolute Gasteiger partial charge is 0.0391 e. The summed E-state index contributed by atoms with van der Waals surface area (Å²) in [6.07, 6.45) is 0. The Morgan fingerprint density at radius 3 is 2.00 bits per heavy atom. The topological polar surface area (TPSA) is 12.0 Å². The Morgan fingerprint density at radius 2 is 1.17 bits per heavy atom. The van der Waals surface area contributed by atoms with Crippen LogP contribution >= 0.6 is 15.9 Å². The van der Waals surface area contributed by atoms with E-state index in [1.54, 1.807) is 0 Å². The molecule has 30 heavy (non-hydrogen) atoms. The van der Waals surface area contributed by atoms with Gasteiger partial charge in [0, 0.05) is 15.8 Å². The second kappa shape index (κ2) is 8.17. The van der Waals surface area contributed by atoms with Crippen LogP contribution in [0.25, 0.3) is 33.0 Å². The quantitative estimate of drug-likeness (QED) is 0.289. The summed E-state index contributed by atoms with van der Waals surface area (Å²) in [5.74, 6) is 0. The molecule has 2 heteroatoms. The zero-order valence-corrected chi connectivity index (χ0v) is 17.9. The van der Waals surface area contributed by atoms with Gasteiger partial charge in [0.1, 0.15) is 0 Å². The van der Waals surface area contributed by atoms with E-state index in [0.29, 0.717) is 0 Å². The summed E-state index contributed by atoms with van der Waals surface area (Å²) >= 11 is 3.68.